The second kappa shape index (κ2) is 11.6. The third-order valence-electron chi connectivity index (χ3n) is 9.04. The Morgan fingerprint density at radius 3 is 2.47 bits per heavy atom. The molecule has 11 heteroatoms. The summed E-state index contributed by atoms with van der Waals surface area (Å²) in [6.07, 6.45) is 2.93. The molecule has 8 nitrogen and oxygen atoms in total. The van der Waals surface area contributed by atoms with E-state index in [1.165, 1.54) is 22.5 Å². The maximum atomic E-state index is 14.3. The molecule has 43 heavy (non-hydrogen) atoms. The van der Waals surface area contributed by atoms with Gasteiger partial charge in [-0.3, -0.25) is 13.9 Å². The van der Waals surface area contributed by atoms with Crippen LogP contribution in [0.15, 0.2) is 66.7 Å². The zero-order valence-corrected chi connectivity index (χ0v) is 25.4. The lowest BCUT2D eigenvalue weighted by Crippen LogP contribution is -2.57. The number of nitrogens with zero attached hydrogens (tertiary/aromatic N) is 2. The Kier molecular flexibility index (Phi) is 7.95. The summed E-state index contributed by atoms with van der Waals surface area (Å²) in [5.74, 6) is -0.859. The van der Waals surface area contributed by atoms with Gasteiger partial charge in [0.1, 0.15) is 11.9 Å². The smallest absolute Gasteiger partial charge is 0.245 e. The summed E-state index contributed by atoms with van der Waals surface area (Å²) >= 11 is 6.09. The number of halogens is 2. The van der Waals surface area contributed by atoms with Crippen LogP contribution in [0.2, 0.25) is 5.02 Å². The number of benzene rings is 3. The van der Waals surface area contributed by atoms with E-state index in [4.69, 9.17) is 11.6 Å². The standard InChI is InChI=1S/C32H34ClFN4O4S/c1-43(41,42)38-20-32(26-18-25(34)10-11-29(26)38)12-14-37(15-13-32)31(40)28(16-21-6-8-24(33)9-7-21)36-30(39)27-17-22-4-2-3-5-23(22)19-35-27/h2-11,18,27-28,35H,12-17,19-20H2,1H3,(H,36,39)/t27?,28-/m1/s1. The normalized spacial score (nSPS) is 19.9. The first-order valence-electron chi connectivity index (χ1n) is 14.4. The van der Waals surface area contributed by atoms with E-state index in [9.17, 15) is 22.4 Å². The summed E-state index contributed by atoms with van der Waals surface area (Å²) in [7, 11) is -3.56. The third kappa shape index (κ3) is 6.01. The number of rotatable bonds is 6. The van der Waals surface area contributed by atoms with Crippen molar-refractivity contribution >= 4 is 39.1 Å². The van der Waals surface area contributed by atoms with Gasteiger partial charge in [0.15, 0.2) is 0 Å². The Morgan fingerprint density at radius 2 is 1.77 bits per heavy atom. The van der Waals surface area contributed by atoms with Crippen LogP contribution in [0.25, 0.3) is 0 Å². The first-order valence-corrected chi connectivity index (χ1v) is 16.7. The molecule has 3 aliphatic heterocycles. The van der Waals surface area contributed by atoms with Crippen molar-refractivity contribution in [1.29, 1.82) is 0 Å². The largest absolute Gasteiger partial charge is 0.343 e. The molecule has 3 heterocycles. The predicted octanol–water partition coefficient (Wildman–Crippen LogP) is 3.56. The lowest BCUT2D eigenvalue weighted by Gasteiger charge is -2.41. The molecule has 1 unspecified atom stereocenters. The number of anilines is 1. The van der Waals surface area contributed by atoms with Gasteiger partial charge in [0.2, 0.25) is 21.8 Å². The van der Waals surface area contributed by atoms with Gasteiger partial charge in [-0.25, -0.2) is 12.8 Å². The van der Waals surface area contributed by atoms with Gasteiger partial charge in [0.25, 0.3) is 0 Å². The lowest BCUT2D eigenvalue weighted by atomic mass is 9.74. The molecule has 0 bridgehead atoms. The summed E-state index contributed by atoms with van der Waals surface area (Å²) in [6.45, 7) is 1.50. The van der Waals surface area contributed by atoms with Gasteiger partial charge in [-0.2, -0.15) is 0 Å². The van der Waals surface area contributed by atoms with Gasteiger partial charge in [-0.15, -0.1) is 0 Å². The summed E-state index contributed by atoms with van der Waals surface area (Å²) in [4.78, 5) is 29.2. The molecular formula is C32H34ClFN4O4S. The first-order chi connectivity index (χ1) is 20.5. The van der Waals surface area contributed by atoms with Crippen LogP contribution >= 0.6 is 11.6 Å². The molecule has 0 aromatic heterocycles. The highest BCUT2D eigenvalue weighted by molar-refractivity contribution is 7.92. The Labute approximate surface area is 256 Å². The van der Waals surface area contributed by atoms with Crippen LogP contribution in [-0.2, 0) is 44.4 Å². The third-order valence-corrected chi connectivity index (χ3v) is 10.4. The summed E-state index contributed by atoms with van der Waals surface area (Å²) in [5, 5.41) is 6.90. The molecule has 226 valence electrons. The number of piperidine rings is 1. The lowest BCUT2D eigenvalue weighted by molar-refractivity contribution is -0.138. The molecule has 0 saturated carbocycles. The minimum absolute atomic E-state index is 0.202. The maximum Gasteiger partial charge on any atom is 0.245 e. The van der Waals surface area contributed by atoms with Gasteiger partial charge in [-0.1, -0.05) is 48.0 Å². The van der Waals surface area contributed by atoms with Gasteiger partial charge in [-0.05, 0) is 71.8 Å². The van der Waals surface area contributed by atoms with Gasteiger partial charge >= 0.3 is 0 Å². The van der Waals surface area contributed by atoms with E-state index in [0.29, 0.717) is 61.6 Å². The monoisotopic (exact) mass is 624 g/mol. The zero-order chi connectivity index (χ0) is 30.4. The van der Waals surface area contributed by atoms with Crippen LogP contribution < -0.4 is 14.9 Å². The zero-order valence-electron chi connectivity index (χ0n) is 23.9. The number of hydrogen-bond donors (Lipinski definition) is 2. The SMILES string of the molecule is CS(=O)(=O)N1CC2(CCN(C(=O)[C@@H](Cc3ccc(Cl)cc3)NC(=O)C3Cc4ccccc4CN3)CC2)c2cc(F)ccc21. The Balaban J connectivity index is 1.20. The van der Waals surface area contributed by atoms with Crippen LogP contribution in [-0.4, -0.2) is 63.1 Å². The number of fused-ring (bicyclic) bond motifs is 3. The molecule has 3 aliphatic rings. The molecule has 3 aromatic carbocycles. The average molecular weight is 625 g/mol. The van der Waals surface area contributed by atoms with Crippen molar-refractivity contribution in [2.75, 3.05) is 30.2 Å². The van der Waals surface area contributed by atoms with E-state index in [0.717, 1.165) is 22.9 Å². The summed E-state index contributed by atoms with van der Waals surface area (Å²) in [5.41, 5.74) is 3.71. The highest BCUT2D eigenvalue weighted by atomic mass is 35.5. The fraction of sp³-hybridized carbons (Fsp3) is 0.375. The van der Waals surface area contributed by atoms with Crippen molar-refractivity contribution in [2.24, 2.45) is 0 Å². The second-order valence-electron chi connectivity index (χ2n) is 11.8. The van der Waals surface area contributed by atoms with Crippen molar-refractivity contribution < 1.29 is 22.4 Å². The van der Waals surface area contributed by atoms with Crippen molar-refractivity contribution in [3.63, 3.8) is 0 Å². The number of amides is 2. The number of likely N-dealkylation sites (tertiary alicyclic amines) is 1. The van der Waals surface area contributed by atoms with Crippen LogP contribution in [0, 0.1) is 5.82 Å². The topological polar surface area (TPSA) is 98.8 Å². The fourth-order valence-electron chi connectivity index (χ4n) is 6.66. The summed E-state index contributed by atoms with van der Waals surface area (Å²) < 4.78 is 40.8. The molecular weight excluding hydrogens is 591 g/mol. The maximum absolute atomic E-state index is 14.3. The molecule has 1 spiro atoms. The van der Waals surface area contributed by atoms with E-state index in [2.05, 4.69) is 10.6 Å². The van der Waals surface area contributed by atoms with Crippen LogP contribution in [0.1, 0.15) is 35.1 Å². The molecule has 0 aliphatic carbocycles. The van der Waals surface area contributed by atoms with Gasteiger partial charge in [0.05, 0.1) is 18.0 Å². The van der Waals surface area contributed by atoms with E-state index >= 15 is 0 Å². The van der Waals surface area contributed by atoms with Crippen molar-refractivity contribution in [3.05, 3.63) is 99.8 Å². The molecule has 3 aromatic rings. The van der Waals surface area contributed by atoms with Crippen LogP contribution in [0.4, 0.5) is 10.1 Å². The summed E-state index contributed by atoms with van der Waals surface area (Å²) in [6, 6.07) is 18.2. The number of carbonyl (C=O) groups excluding carboxylic acids is 2. The Morgan fingerprint density at radius 1 is 1.07 bits per heavy atom. The van der Waals surface area contributed by atoms with Gasteiger partial charge < -0.3 is 15.5 Å². The number of carbonyl (C=O) groups is 2. The van der Waals surface area contributed by atoms with Gasteiger partial charge in [0, 0.05) is 43.0 Å². The van der Waals surface area contributed by atoms with Crippen molar-refractivity contribution in [2.45, 2.75) is 49.7 Å². The highest BCUT2D eigenvalue weighted by Gasteiger charge is 2.48. The van der Waals surface area contributed by atoms with E-state index < -0.39 is 33.3 Å². The fourth-order valence-corrected chi connectivity index (χ4v) is 7.79. The van der Waals surface area contributed by atoms with Crippen molar-refractivity contribution in [3.8, 4) is 0 Å². The molecule has 2 N–H and O–H groups in total. The van der Waals surface area contributed by atoms with Crippen molar-refractivity contribution in [1.82, 2.24) is 15.5 Å². The number of hydrogen-bond acceptors (Lipinski definition) is 5. The molecule has 2 atom stereocenters. The molecule has 1 fully saturated rings. The van der Waals surface area contributed by atoms with Crippen LogP contribution in [0.5, 0.6) is 0 Å². The van der Waals surface area contributed by atoms with E-state index in [-0.39, 0.29) is 18.4 Å². The molecule has 6 rings (SSSR count). The predicted molar refractivity (Wildman–Crippen MR) is 164 cm³/mol. The molecule has 0 radical (unpaired) electrons. The Hall–Kier alpha value is -3.47. The Bertz CT molecular complexity index is 1660. The highest BCUT2D eigenvalue weighted by Crippen LogP contribution is 2.48. The average Bonchev–Trinajstić information content (AvgIpc) is 3.31. The van der Waals surface area contributed by atoms with E-state index in [1.807, 2.05) is 36.4 Å². The molecule has 2 amide bonds. The minimum atomic E-state index is -3.56. The second-order valence-corrected chi connectivity index (χ2v) is 14.2. The quantitative estimate of drug-likeness (QED) is 0.437. The minimum Gasteiger partial charge on any atom is -0.343 e. The first kappa shape index (κ1) is 29.6. The van der Waals surface area contributed by atoms with E-state index in [1.54, 1.807) is 17.0 Å². The number of nitrogens with one attached hydrogen (secondary N) is 2. The van der Waals surface area contributed by atoms with Crippen LogP contribution in [0.3, 0.4) is 0 Å². The molecule has 1 saturated heterocycles. The number of sulfonamides is 1.